The van der Waals surface area contributed by atoms with Gasteiger partial charge in [0, 0.05) is 0 Å². The minimum atomic E-state index is -0.548. The highest BCUT2D eigenvalue weighted by Crippen LogP contribution is 2.39. The van der Waals surface area contributed by atoms with E-state index in [9.17, 15) is 9.90 Å². The van der Waals surface area contributed by atoms with Crippen molar-refractivity contribution in [3.05, 3.63) is 35.9 Å². The highest BCUT2D eigenvalue weighted by molar-refractivity contribution is 5.68. The van der Waals surface area contributed by atoms with Gasteiger partial charge in [-0.1, -0.05) is 30.3 Å². The molecule has 0 spiro atoms. The molecule has 1 aliphatic carbocycles. The molecule has 0 aliphatic heterocycles. The van der Waals surface area contributed by atoms with Gasteiger partial charge in [0.2, 0.25) is 0 Å². The van der Waals surface area contributed by atoms with E-state index in [4.69, 9.17) is 4.74 Å². The molecule has 1 aromatic carbocycles. The lowest BCUT2D eigenvalue weighted by Gasteiger charge is -2.28. The largest absolute Gasteiger partial charge is 0.445 e. The molecule has 4 nitrogen and oxygen atoms in total. The number of carbonyl (C=O) groups is 1. The Kier molecular flexibility index (Phi) is 3.87. The molecule has 0 heterocycles. The van der Waals surface area contributed by atoms with Crippen LogP contribution in [0.15, 0.2) is 30.3 Å². The van der Waals surface area contributed by atoms with Crippen molar-refractivity contribution < 1.29 is 14.6 Å². The molecular weight excluding hydrogens is 230 g/mol. The predicted molar refractivity (Wildman–Crippen MR) is 68.0 cm³/mol. The minimum Gasteiger partial charge on any atom is -0.445 e. The second kappa shape index (κ2) is 5.40. The van der Waals surface area contributed by atoms with Gasteiger partial charge in [-0.2, -0.15) is 0 Å². The number of alkyl carbamates (subject to hydrolysis) is 1. The quantitative estimate of drug-likeness (QED) is 0.840. The zero-order chi connectivity index (χ0) is 13.0. The molecule has 18 heavy (non-hydrogen) atoms. The number of amides is 1. The Morgan fingerprint density at radius 1 is 1.44 bits per heavy atom. The number of ether oxygens (including phenoxy) is 1. The zero-order valence-electron chi connectivity index (χ0n) is 10.6. The standard InChI is InChI=1S/C14H19NO3/c1-14(10-16,12-7-8-12)15-13(17)18-9-11-5-3-2-4-6-11/h2-6,12,16H,7-10H2,1H3,(H,15,17). The first kappa shape index (κ1) is 12.9. The van der Waals surface area contributed by atoms with Gasteiger partial charge in [-0.3, -0.25) is 0 Å². The average Bonchev–Trinajstić information content (AvgIpc) is 3.22. The summed E-state index contributed by atoms with van der Waals surface area (Å²) < 4.78 is 5.14. The maximum atomic E-state index is 11.7. The first-order valence-electron chi connectivity index (χ1n) is 6.24. The van der Waals surface area contributed by atoms with Crippen LogP contribution >= 0.6 is 0 Å². The summed E-state index contributed by atoms with van der Waals surface area (Å²) in [5.74, 6) is 0.367. The lowest BCUT2D eigenvalue weighted by molar-refractivity contribution is 0.104. The molecule has 1 unspecified atom stereocenters. The van der Waals surface area contributed by atoms with Crippen LogP contribution in [0.1, 0.15) is 25.3 Å². The van der Waals surface area contributed by atoms with Gasteiger partial charge in [0.25, 0.3) is 0 Å². The van der Waals surface area contributed by atoms with Crippen molar-refractivity contribution in [3.63, 3.8) is 0 Å². The summed E-state index contributed by atoms with van der Waals surface area (Å²) in [4.78, 5) is 11.7. The van der Waals surface area contributed by atoms with Gasteiger partial charge in [-0.05, 0) is 31.2 Å². The third kappa shape index (κ3) is 3.23. The Bertz CT molecular complexity index is 403. The topological polar surface area (TPSA) is 58.6 Å². The SMILES string of the molecule is CC(CO)(NC(=O)OCc1ccccc1)C1CC1. The van der Waals surface area contributed by atoms with E-state index >= 15 is 0 Å². The van der Waals surface area contributed by atoms with Gasteiger partial charge < -0.3 is 15.2 Å². The van der Waals surface area contributed by atoms with E-state index in [1.165, 1.54) is 0 Å². The van der Waals surface area contributed by atoms with Crippen LogP contribution in [-0.4, -0.2) is 23.3 Å². The van der Waals surface area contributed by atoms with Crippen LogP contribution in [0.4, 0.5) is 4.79 Å². The van der Waals surface area contributed by atoms with E-state index < -0.39 is 11.6 Å². The maximum absolute atomic E-state index is 11.7. The lowest BCUT2D eigenvalue weighted by Crippen LogP contribution is -2.50. The van der Waals surface area contributed by atoms with E-state index in [0.29, 0.717) is 5.92 Å². The number of hydrogen-bond donors (Lipinski definition) is 2. The van der Waals surface area contributed by atoms with Crippen molar-refractivity contribution in [2.45, 2.75) is 31.9 Å². The van der Waals surface area contributed by atoms with Crippen molar-refractivity contribution in [1.82, 2.24) is 5.32 Å². The fraction of sp³-hybridized carbons (Fsp3) is 0.500. The number of rotatable bonds is 5. The molecule has 2 N–H and O–H groups in total. The summed E-state index contributed by atoms with van der Waals surface area (Å²) in [5, 5.41) is 12.1. The van der Waals surface area contributed by atoms with Crippen LogP contribution in [0, 0.1) is 5.92 Å². The highest BCUT2D eigenvalue weighted by atomic mass is 16.5. The Labute approximate surface area is 107 Å². The summed E-state index contributed by atoms with van der Waals surface area (Å²) in [6, 6.07) is 9.52. The smallest absolute Gasteiger partial charge is 0.407 e. The zero-order valence-corrected chi connectivity index (χ0v) is 10.6. The van der Waals surface area contributed by atoms with Gasteiger partial charge in [-0.15, -0.1) is 0 Å². The normalized spacial score (nSPS) is 17.9. The van der Waals surface area contributed by atoms with E-state index in [2.05, 4.69) is 5.32 Å². The highest BCUT2D eigenvalue weighted by Gasteiger charge is 2.42. The fourth-order valence-corrected chi connectivity index (χ4v) is 1.98. The molecule has 1 aromatic rings. The lowest BCUT2D eigenvalue weighted by atomic mass is 9.97. The van der Waals surface area contributed by atoms with Gasteiger partial charge in [-0.25, -0.2) is 4.79 Å². The molecule has 1 fully saturated rings. The van der Waals surface area contributed by atoms with Crippen molar-refractivity contribution >= 4 is 6.09 Å². The summed E-state index contributed by atoms with van der Waals surface area (Å²) in [6.45, 7) is 2.05. The first-order chi connectivity index (χ1) is 8.64. The molecule has 1 atom stereocenters. The average molecular weight is 249 g/mol. The summed E-state index contributed by atoms with van der Waals surface area (Å²) in [6.07, 6.45) is 1.63. The Hall–Kier alpha value is -1.55. The second-order valence-corrected chi connectivity index (χ2v) is 5.04. The van der Waals surface area contributed by atoms with Crippen molar-refractivity contribution in [2.75, 3.05) is 6.61 Å². The van der Waals surface area contributed by atoms with Crippen LogP contribution in [0.2, 0.25) is 0 Å². The Morgan fingerprint density at radius 2 is 2.11 bits per heavy atom. The molecular formula is C14H19NO3. The molecule has 1 amide bonds. The van der Waals surface area contributed by atoms with E-state index in [1.807, 2.05) is 37.3 Å². The summed E-state index contributed by atoms with van der Waals surface area (Å²) >= 11 is 0. The molecule has 98 valence electrons. The van der Waals surface area contributed by atoms with Gasteiger partial charge in [0.1, 0.15) is 6.61 Å². The van der Waals surface area contributed by atoms with Crippen LogP contribution in [0.5, 0.6) is 0 Å². The summed E-state index contributed by atoms with van der Waals surface area (Å²) in [5.41, 5.74) is 0.401. The number of aliphatic hydroxyl groups excluding tert-OH is 1. The van der Waals surface area contributed by atoms with E-state index in [-0.39, 0.29) is 13.2 Å². The van der Waals surface area contributed by atoms with Crippen molar-refractivity contribution in [2.24, 2.45) is 5.92 Å². The monoisotopic (exact) mass is 249 g/mol. The molecule has 0 aromatic heterocycles. The van der Waals surface area contributed by atoms with Crippen molar-refractivity contribution in [3.8, 4) is 0 Å². The predicted octanol–water partition coefficient (Wildman–Crippen LogP) is 2.07. The van der Waals surface area contributed by atoms with Gasteiger partial charge in [0.05, 0.1) is 12.1 Å². The van der Waals surface area contributed by atoms with Crippen LogP contribution < -0.4 is 5.32 Å². The first-order valence-corrected chi connectivity index (χ1v) is 6.24. The van der Waals surface area contributed by atoms with Gasteiger partial charge >= 0.3 is 6.09 Å². The molecule has 1 aliphatic rings. The fourth-order valence-electron chi connectivity index (χ4n) is 1.98. The number of hydrogen-bond acceptors (Lipinski definition) is 3. The molecule has 1 saturated carbocycles. The van der Waals surface area contributed by atoms with Gasteiger partial charge in [0.15, 0.2) is 0 Å². The molecule has 0 radical (unpaired) electrons. The van der Waals surface area contributed by atoms with E-state index in [1.54, 1.807) is 0 Å². The Balaban J connectivity index is 1.81. The summed E-state index contributed by atoms with van der Waals surface area (Å²) in [7, 11) is 0. The molecule has 0 saturated heterocycles. The number of carbonyl (C=O) groups excluding carboxylic acids is 1. The number of benzene rings is 1. The van der Waals surface area contributed by atoms with Crippen LogP contribution in [0.3, 0.4) is 0 Å². The van der Waals surface area contributed by atoms with Crippen LogP contribution in [0.25, 0.3) is 0 Å². The number of nitrogens with one attached hydrogen (secondary N) is 1. The van der Waals surface area contributed by atoms with Crippen molar-refractivity contribution in [1.29, 1.82) is 0 Å². The molecule has 0 bridgehead atoms. The second-order valence-electron chi connectivity index (χ2n) is 5.04. The third-order valence-corrected chi connectivity index (χ3v) is 3.41. The molecule has 2 rings (SSSR count). The number of aliphatic hydroxyl groups is 1. The molecule has 4 heteroatoms. The van der Waals surface area contributed by atoms with Crippen LogP contribution in [-0.2, 0) is 11.3 Å². The maximum Gasteiger partial charge on any atom is 0.407 e. The van der Waals surface area contributed by atoms with E-state index in [0.717, 1.165) is 18.4 Å². The Morgan fingerprint density at radius 3 is 2.67 bits per heavy atom. The minimum absolute atomic E-state index is 0.0574. The third-order valence-electron chi connectivity index (χ3n) is 3.41.